The summed E-state index contributed by atoms with van der Waals surface area (Å²) in [7, 11) is 0. The van der Waals surface area contributed by atoms with E-state index in [0.29, 0.717) is 16.2 Å². The van der Waals surface area contributed by atoms with Gasteiger partial charge in [0.2, 0.25) is 11.8 Å². The van der Waals surface area contributed by atoms with Gasteiger partial charge in [-0.25, -0.2) is 28.4 Å². The minimum absolute atomic E-state index is 0.0268. The zero-order valence-corrected chi connectivity index (χ0v) is 21.8. The Balaban J connectivity index is 1.39. The molecule has 0 unspecified atom stereocenters. The second kappa shape index (κ2) is 11.1. The van der Waals surface area contributed by atoms with Crippen LogP contribution in [0.4, 0.5) is 25.0 Å². The molecule has 0 spiro atoms. The number of carbonyl (C=O) groups excluding carboxylic acids is 3. The normalized spacial score (nSPS) is 17.4. The first kappa shape index (κ1) is 26.7. The fourth-order valence-corrected chi connectivity index (χ4v) is 4.58. The van der Waals surface area contributed by atoms with Crippen LogP contribution in [0.3, 0.4) is 0 Å². The largest absolute Gasteiger partial charge is 0.461 e. The highest BCUT2D eigenvalue weighted by Crippen LogP contribution is 2.32. The summed E-state index contributed by atoms with van der Waals surface area (Å²) in [6.07, 6.45) is 2.32. The van der Waals surface area contributed by atoms with Gasteiger partial charge in [0.25, 0.3) is 0 Å². The molecule has 1 aromatic heterocycles. The van der Waals surface area contributed by atoms with E-state index in [1.54, 1.807) is 24.3 Å². The first-order chi connectivity index (χ1) is 19.2. The number of hydrogen-bond donors (Lipinski definition) is 0. The lowest BCUT2D eigenvalue weighted by Gasteiger charge is -2.28. The minimum atomic E-state index is -1.11. The topological polar surface area (TPSA) is 95.9 Å². The number of aromatic nitrogens is 2. The number of nitrogens with zero attached hydrogens (tertiary/aromatic N) is 5. The smallest absolute Gasteiger partial charge is 0.331 e. The van der Waals surface area contributed by atoms with Crippen molar-refractivity contribution in [2.75, 3.05) is 29.4 Å². The van der Waals surface area contributed by atoms with Crippen LogP contribution < -0.4 is 14.5 Å². The van der Waals surface area contributed by atoms with E-state index in [4.69, 9.17) is 4.74 Å². The molecule has 204 valence electrons. The van der Waals surface area contributed by atoms with Gasteiger partial charge in [-0.2, -0.15) is 0 Å². The van der Waals surface area contributed by atoms with E-state index >= 15 is 8.78 Å². The van der Waals surface area contributed by atoms with Crippen LogP contribution in [0.25, 0.3) is 0 Å². The summed E-state index contributed by atoms with van der Waals surface area (Å²) in [6, 6.07) is 10.1. The Labute approximate surface area is 229 Å². The van der Waals surface area contributed by atoms with E-state index < -0.39 is 47.5 Å². The fraction of sp³-hybridized carbons (Fsp3) is 0.276. The number of amides is 4. The lowest BCUT2D eigenvalue weighted by molar-refractivity contribution is -0.126. The van der Waals surface area contributed by atoms with E-state index in [9.17, 15) is 14.4 Å². The SMILES string of the molecule is CC(C)Oc1ncc(N2CCN3C[C@H](CC(=O)N(c4c(F)cc(C#Cc5ccccc5)cc4F)C3=O)C2=O)cn1. The molecule has 9 nitrogen and oxygen atoms in total. The third-order valence-electron chi connectivity index (χ3n) is 6.41. The molecule has 5 rings (SSSR count). The van der Waals surface area contributed by atoms with Crippen molar-refractivity contribution in [1.29, 1.82) is 0 Å². The van der Waals surface area contributed by atoms with Gasteiger partial charge in [-0.1, -0.05) is 30.0 Å². The van der Waals surface area contributed by atoms with Crippen molar-refractivity contribution < 1.29 is 27.9 Å². The molecule has 0 saturated carbocycles. The number of rotatable bonds is 4. The standard InChI is InChI=1S/C29H25F2N5O4/c1-18(2)40-28-32-15-22(16-33-28)35-11-10-34-17-21(27(35)38)14-25(37)36(29(34)39)26-23(30)12-20(13-24(26)31)9-8-19-6-4-3-5-7-19/h3-7,12-13,15-16,18,21H,10-11,14,17H2,1-2H3/t21-/m0/s1. The van der Waals surface area contributed by atoms with E-state index in [2.05, 4.69) is 21.8 Å². The Bertz CT molecular complexity index is 1500. The zero-order chi connectivity index (χ0) is 28.4. The first-order valence-electron chi connectivity index (χ1n) is 12.7. The van der Waals surface area contributed by atoms with Crippen molar-refractivity contribution in [3.8, 4) is 17.9 Å². The number of halogens is 2. The summed E-state index contributed by atoms with van der Waals surface area (Å²) < 4.78 is 35.9. The predicted octanol–water partition coefficient (Wildman–Crippen LogP) is 3.76. The molecule has 0 aliphatic carbocycles. The number of imide groups is 1. The van der Waals surface area contributed by atoms with Gasteiger partial charge in [-0.05, 0) is 38.1 Å². The van der Waals surface area contributed by atoms with Crippen LogP contribution in [-0.2, 0) is 9.59 Å². The average molecular weight is 546 g/mol. The molecule has 2 fully saturated rings. The van der Waals surface area contributed by atoms with Crippen molar-refractivity contribution in [3.63, 3.8) is 0 Å². The van der Waals surface area contributed by atoms with Gasteiger partial charge in [-0.3, -0.25) is 9.59 Å². The van der Waals surface area contributed by atoms with Crippen molar-refractivity contribution in [1.82, 2.24) is 14.9 Å². The van der Waals surface area contributed by atoms with Crippen molar-refractivity contribution in [2.24, 2.45) is 5.92 Å². The van der Waals surface area contributed by atoms with Gasteiger partial charge in [0.1, 0.15) is 5.69 Å². The first-order valence-corrected chi connectivity index (χ1v) is 12.7. The van der Waals surface area contributed by atoms with Crippen molar-refractivity contribution >= 4 is 29.2 Å². The third kappa shape index (κ3) is 5.47. The zero-order valence-electron chi connectivity index (χ0n) is 21.8. The second-order valence-electron chi connectivity index (χ2n) is 9.64. The fourth-order valence-electron chi connectivity index (χ4n) is 4.58. The molecule has 3 aromatic rings. The molecule has 2 aliphatic heterocycles. The van der Waals surface area contributed by atoms with Crippen LogP contribution in [0.15, 0.2) is 54.9 Å². The van der Waals surface area contributed by atoms with E-state index in [0.717, 1.165) is 12.1 Å². The van der Waals surface area contributed by atoms with Gasteiger partial charge in [-0.15, -0.1) is 0 Å². The molecule has 2 saturated heterocycles. The molecule has 11 heteroatoms. The summed E-state index contributed by atoms with van der Waals surface area (Å²) >= 11 is 0. The molecular formula is C29H25F2N5O4. The quantitative estimate of drug-likeness (QED) is 0.464. The summed E-state index contributed by atoms with van der Waals surface area (Å²) in [5.74, 6) is 1.07. The van der Waals surface area contributed by atoms with Gasteiger partial charge in [0.05, 0.1) is 30.1 Å². The molecule has 0 N–H and O–H groups in total. The molecule has 2 aromatic carbocycles. The summed E-state index contributed by atoms with van der Waals surface area (Å²) in [4.78, 5) is 51.4. The molecule has 0 radical (unpaired) electrons. The maximum absolute atomic E-state index is 15.2. The molecule has 1 atom stereocenters. The predicted molar refractivity (Wildman–Crippen MR) is 141 cm³/mol. The van der Waals surface area contributed by atoms with Gasteiger partial charge < -0.3 is 14.5 Å². The molecular weight excluding hydrogens is 520 g/mol. The lowest BCUT2D eigenvalue weighted by atomic mass is 10.0. The Hall–Kier alpha value is -4.85. The van der Waals surface area contributed by atoms with Crippen molar-refractivity contribution in [3.05, 3.63) is 77.6 Å². The summed E-state index contributed by atoms with van der Waals surface area (Å²) in [5, 5.41) is 0. The highest BCUT2D eigenvalue weighted by Gasteiger charge is 2.43. The second-order valence-corrected chi connectivity index (χ2v) is 9.64. The van der Waals surface area contributed by atoms with Crippen LogP contribution in [0.1, 0.15) is 31.4 Å². The number of carbonyl (C=O) groups is 3. The Kier molecular flexibility index (Phi) is 7.42. The number of hydrogen-bond acceptors (Lipinski definition) is 6. The third-order valence-corrected chi connectivity index (χ3v) is 6.41. The van der Waals surface area contributed by atoms with Crippen LogP contribution in [-0.4, -0.2) is 58.5 Å². The maximum Gasteiger partial charge on any atom is 0.331 e. The molecule has 3 heterocycles. The monoisotopic (exact) mass is 545 g/mol. The minimum Gasteiger partial charge on any atom is -0.461 e. The highest BCUT2D eigenvalue weighted by atomic mass is 19.1. The van der Waals surface area contributed by atoms with E-state index in [-0.39, 0.29) is 37.3 Å². The Morgan fingerprint density at radius 1 is 0.950 bits per heavy atom. The van der Waals surface area contributed by atoms with Gasteiger partial charge in [0.15, 0.2) is 11.6 Å². The van der Waals surface area contributed by atoms with E-state index in [1.165, 1.54) is 22.2 Å². The highest BCUT2D eigenvalue weighted by molar-refractivity contribution is 6.16. The number of anilines is 2. The van der Waals surface area contributed by atoms with E-state index in [1.807, 2.05) is 19.9 Å². The van der Waals surface area contributed by atoms with Crippen molar-refractivity contribution in [2.45, 2.75) is 26.4 Å². The number of urea groups is 1. The molecule has 40 heavy (non-hydrogen) atoms. The van der Waals surface area contributed by atoms with Crippen LogP contribution >= 0.6 is 0 Å². The van der Waals surface area contributed by atoms with Gasteiger partial charge in [0, 0.05) is 37.2 Å². The average Bonchev–Trinajstić information content (AvgIpc) is 3.15. The van der Waals surface area contributed by atoms with Crippen LogP contribution in [0.2, 0.25) is 0 Å². The number of benzene rings is 2. The number of fused-ring (bicyclic) bond motifs is 2. The summed E-state index contributed by atoms with van der Waals surface area (Å²) in [5.41, 5.74) is 0.303. The molecule has 2 aliphatic rings. The van der Waals surface area contributed by atoms with Crippen LogP contribution in [0.5, 0.6) is 6.01 Å². The lowest BCUT2D eigenvalue weighted by Crippen LogP contribution is -2.47. The molecule has 2 bridgehead atoms. The Morgan fingerprint density at radius 3 is 2.25 bits per heavy atom. The summed E-state index contributed by atoms with van der Waals surface area (Å²) in [6.45, 7) is 3.69. The maximum atomic E-state index is 15.2. The Morgan fingerprint density at radius 2 is 1.60 bits per heavy atom. The van der Waals surface area contributed by atoms with Gasteiger partial charge >= 0.3 is 12.0 Å². The number of ether oxygens (including phenoxy) is 1. The van der Waals surface area contributed by atoms with Crippen LogP contribution in [0, 0.1) is 29.4 Å². The molecule has 4 amide bonds.